The molecule has 0 aliphatic heterocycles. The molecule has 4 nitrogen and oxygen atoms in total. The first-order valence-electron chi connectivity index (χ1n) is 6.40. The molecule has 0 fully saturated rings. The molecule has 0 saturated heterocycles. The normalized spacial score (nSPS) is 12.6. The molecule has 1 aromatic heterocycles. The SMILES string of the molecule is CCCNC(C)c1ccc(-c2ncnn2C)cc1. The molecule has 0 spiro atoms. The summed E-state index contributed by atoms with van der Waals surface area (Å²) >= 11 is 0. The van der Waals surface area contributed by atoms with Crippen LogP contribution in [0.4, 0.5) is 0 Å². The van der Waals surface area contributed by atoms with Gasteiger partial charge in [-0.15, -0.1) is 0 Å². The van der Waals surface area contributed by atoms with Crippen LogP contribution in [0, 0.1) is 0 Å². The Balaban J connectivity index is 2.13. The quantitative estimate of drug-likeness (QED) is 0.879. The Bertz CT molecular complexity index is 487. The summed E-state index contributed by atoms with van der Waals surface area (Å²) in [6.45, 7) is 5.41. The summed E-state index contributed by atoms with van der Waals surface area (Å²) in [5.41, 5.74) is 2.40. The summed E-state index contributed by atoms with van der Waals surface area (Å²) in [4.78, 5) is 4.25. The smallest absolute Gasteiger partial charge is 0.157 e. The fourth-order valence-electron chi connectivity index (χ4n) is 1.96. The van der Waals surface area contributed by atoms with Crippen LogP contribution in [0.3, 0.4) is 0 Å². The van der Waals surface area contributed by atoms with Gasteiger partial charge in [0.15, 0.2) is 5.82 Å². The number of nitrogens with zero attached hydrogens (tertiary/aromatic N) is 3. The standard InChI is InChI=1S/C14H20N4/c1-4-9-15-11(2)12-5-7-13(8-6-12)14-16-10-17-18(14)3/h5-8,10-11,15H,4,9H2,1-3H3. The first-order chi connectivity index (χ1) is 8.72. The lowest BCUT2D eigenvalue weighted by Crippen LogP contribution is -2.19. The highest BCUT2D eigenvalue weighted by atomic mass is 15.3. The van der Waals surface area contributed by atoms with Gasteiger partial charge in [0.2, 0.25) is 0 Å². The van der Waals surface area contributed by atoms with E-state index < -0.39 is 0 Å². The second-order valence-corrected chi connectivity index (χ2v) is 4.51. The van der Waals surface area contributed by atoms with Crippen LogP contribution in [0.5, 0.6) is 0 Å². The van der Waals surface area contributed by atoms with Crippen molar-refractivity contribution >= 4 is 0 Å². The Hall–Kier alpha value is -1.68. The molecule has 96 valence electrons. The molecule has 0 aliphatic rings. The van der Waals surface area contributed by atoms with E-state index in [1.54, 1.807) is 11.0 Å². The van der Waals surface area contributed by atoms with Crippen LogP contribution in [0.15, 0.2) is 30.6 Å². The molecule has 1 heterocycles. The summed E-state index contributed by atoms with van der Waals surface area (Å²) in [5.74, 6) is 0.899. The second-order valence-electron chi connectivity index (χ2n) is 4.51. The van der Waals surface area contributed by atoms with Crippen molar-refractivity contribution < 1.29 is 0 Å². The van der Waals surface area contributed by atoms with Crippen molar-refractivity contribution in [2.24, 2.45) is 7.05 Å². The topological polar surface area (TPSA) is 42.7 Å². The lowest BCUT2D eigenvalue weighted by molar-refractivity contribution is 0.571. The predicted molar refractivity (Wildman–Crippen MR) is 73.1 cm³/mol. The number of aryl methyl sites for hydroxylation is 1. The molecular formula is C14H20N4. The molecule has 1 unspecified atom stereocenters. The molecule has 2 aromatic rings. The van der Waals surface area contributed by atoms with Gasteiger partial charge in [-0.25, -0.2) is 9.67 Å². The van der Waals surface area contributed by atoms with Gasteiger partial charge in [0.25, 0.3) is 0 Å². The number of hydrogen-bond acceptors (Lipinski definition) is 3. The van der Waals surface area contributed by atoms with E-state index >= 15 is 0 Å². The molecule has 0 amide bonds. The minimum atomic E-state index is 0.387. The monoisotopic (exact) mass is 244 g/mol. The summed E-state index contributed by atoms with van der Waals surface area (Å²) in [6, 6.07) is 8.89. The highest BCUT2D eigenvalue weighted by Gasteiger charge is 2.07. The summed E-state index contributed by atoms with van der Waals surface area (Å²) in [5, 5.41) is 7.57. The third-order valence-electron chi connectivity index (χ3n) is 3.08. The lowest BCUT2D eigenvalue weighted by atomic mass is 10.1. The molecule has 4 heteroatoms. The molecule has 2 rings (SSSR count). The van der Waals surface area contributed by atoms with Crippen molar-refractivity contribution in [1.29, 1.82) is 0 Å². The van der Waals surface area contributed by atoms with E-state index in [1.807, 2.05) is 7.05 Å². The summed E-state index contributed by atoms with van der Waals surface area (Å²) in [6.07, 6.45) is 2.73. The van der Waals surface area contributed by atoms with Crippen LogP contribution in [0.1, 0.15) is 31.9 Å². The first-order valence-corrected chi connectivity index (χ1v) is 6.40. The highest BCUT2D eigenvalue weighted by Crippen LogP contribution is 2.19. The maximum absolute atomic E-state index is 4.25. The number of nitrogens with one attached hydrogen (secondary N) is 1. The van der Waals surface area contributed by atoms with Crippen LogP contribution in [0.2, 0.25) is 0 Å². The summed E-state index contributed by atoms with van der Waals surface area (Å²) in [7, 11) is 1.90. The van der Waals surface area contributed by atoms with Gasteiger partial charge in [0.05, 0.1) is 0 Å². The summed E-state index contributed by atoms with van der Waals surface area (Å²) < 4.78 is 1.79. The third-order valence-corrected chi connectivity index (χ3v) is 3.08. The molecule has 0 saturated carbocycles. The molecule has 1 atom stereocenters. The van der Waals surface area contributed by atoms with Crippen LogP contribution in [-0.4, -0.2) is 21.3 Å². The first kappa shape index (κ1) is 12.8. The van der Waals surface area contributed by atoms with Crippen LogP contribution < -0.4 is 5.32 Å². The van der Waals surface area contributed by atoms with Gasteiger partial charge in [0, 0.05) is 18.7 Å². The lowest BCUT2D eigenvalue weighted by Gasteiger charge is -2.13. The van der Waals surface area contributed by atoms with Crippen molar-refractivity contribution in [2.45, 2.75) is 26.3 Å². The van der Waals surface area contributed by atoms with E-state index in [1.165, 1.54) is 5.56 Å². The minimum Gasteiger partial charge on any atom is -0.310 e. The van der Waals surface area contributed by atoms with Gasteiger partial charge in [-0.1, -0.05) is 31.2 Å². The maximum Gasteiger partial charge on any atom is 0.157 e. The van der Waals surface area contributed by atoms with E-state index in [9.17, 15) is 0 Å². The van der Waals surface area contributed by atoms with Gasteiger partial charge in [-0.2, -0.15) is 5.10 Å². The minimum absolute atomic E-state index is 0.387. The van der Waals surface area contributed by atoms with E-state index in [-0.39, 0.29) is 0 Å². The van der Waals surface area contributed by atoms with Crippen molar-refractivity contribution in [3.8, 4) is 11.4 Å². The second kappa shape index (κ2) is 5.78. The van der Waals surface area contributed by atoms with E-state index in [0.29, 0.717) is 6.04 Å². The third kappa shape index (κ3) is 2.76. The number of rotatable bonds is 5. The largest absolute Gasteiger partial charge is 0.310 e. The van der Waals surface area contributed by atoms with Crippen molar-refractivity contribution in [3.05, 3.63) is 36.2 Å². The molecule has 1 N–H and O–H groups in total. The molecular weight excluding hydrogens is 224 g/mol. The van der Waals surface area contributed by atoms with Crippen molar-refractivity contribution in [3.63, 3.8) is 0 Å². The fourth-order valence-corrected chi connectivity index (χ4v) is 1.96. The van der Waals surface area contributed by atoms with Crippen LogP contribution in [0.25, 0.3) is 11.4 Å². The average molecular weight is 244 g/mol. The Labute approximate surface area is 108 Å². The Morgan fingerprint density at radius 3 is 2.56 bits per heavy atom. The molecule has 18 heavy (non-hydrogen) atoms. The predicted octanol–water partition coefficient (Wildman–Crippen LogP) is 2.54. The average Bonchev–Trinajstić information content (AvgIpc) is 2.82. The van der Waals surface area contributed by atoms with E-state index in [4.69, 9.17) is 0 Å². The van der Waals surface area contributed by atoms with E-state index in [2.05, 4.69) is 53.5 Å². The Kier molecular flexibility index (Phi) is 4.10. The van der Waals surface area contributed by atoms with Gasteiger partial charge in [-0.05, 0) is 25.5 Å². The zero-order valence-corrected chi connectivity index (χ0v) is 11.2. The van der Waals surface area contributed by atoms with Gasteiger partial charge in [-0.3, -0.25) is 0 Å². The van der Waals surface area contributed by atoms with Crippen LogP contribution >= 0.6 is 0 Å². The maximum atomic E-state index is 4.25. The zero-order chi connectivity index (χ0) is 13.0. The van der Waals surface area contributed by atoms with E-state index in [0.717, 1.165) is 24.4 Å². The molecule has 1 aromatic carbocycles. The highest BCUT2D eigenvalue weighted by molar-refractivity contribution is 5.55. The number of hydrogen-bond donors (Lipinski definition) is 1. The Morgan fingerprint density at radius 1 is 1.28 bits per heavy atom. The zero-order valence-electron chi connectivity index (χ0n) is 11.2. The van der Waals surface area contributed by atoms with Crippen molar-refractivity contribution in [1.82, 2.24) is 20.1 Å². The molecule has 0 bridgehead atoms. The van der Waals surface area contributed by atoms with Crippen molar-refractivity contribution in [2.75, 3.05) is 6.54 Å². The molecule has 0 radical (unpaired) electrons. The van der Waals surface area contributed by atoms with Gasteiger partial charge in [0.1, 0.15) is 6.33 Å². The number of benzene rings is 1. The Morgan fingerprint density at radius 2 is 2.00 bits per heavy atom. The molecule has 0 aliphatic carbocycles. The van der Waals surface area contributed by atoms with Gasteiger partial charge >= 0.3 is 0 Å². The van der Waals surface area contributed by atoms with Gasteiger partial charge < -0.3 is 5.32 Å². The fraction of sp³-hybridized carbons (Fsp3) is 0.429. The number of aromatic nitrogens is 3. The van der Waals surface area contributed by atoms with Crippen LogP contribution in [-0.2, 0) is 7.05 Å².